The van der Waals surface area contributed by atoms with E-state index in [2.05, 4.69) is 41.4 Å². The Bertz CT molecular complexity index is 799. The Morgan fingerprint density at radius 1 is 1.26 bits per heavy atom. The highest BCUT2D eigenvalue weighted by atomic mass is 32.1. The summed E-state index contributed by atoms with van der Waals surface area (Å²) in [5.74, 6) is 0.481. The number of nitrogens with one attached hydrogen (secondary N) is 2. The molecule has 2 aromatic heterocycles. The lowest BCUT2D eigenvalue weighted by atomic mass is 9.93. The van der Waals surface area contributed by atoms with E-state index in [-0.39, 0.29) is 18.0 Å². The highest BCUT2D eigenvalue weighted by molar-refractivity contribution is 7.22. The Morgan fingerprint density at radius 3 is 2.74 bits per heavy atom. The second-order valence-corrected chi connectivity index (χ2v) is 7.20. The van der Waals surface area contributed by atoms with Crippen LogP contribution in [0.4, 0.5) is 9.93 Å². The maximum atomic E-state index is 11.9. The third kappa shape index (κ3) is 3.68. The molecule has 0 spiro atoms. The van der Waals surface area contributed by atoms with E-state index in [1.54, 1.807) is 6.26 Å². The third-order valence-corrected chi connectivity index (χ3v) is 4.19. The number of benzene rings is 1. The van der Waals surface area contributed by atoms with Crippen molar-refractivity contribution < 1.29 is 9.21 Å². The molecule has 3 aromatic rings. The Kier molecular flexibility index (Phi) is 4.04. The molecule has 0 saturated carbocycles. The first kappa shape index (κ1) is 15.5. The van der Waals surface area contributed by atoms with Gasteiger partial charge in [0.2, 0.25) is 5.89 Å². The number of urea groups is 1. The monoisotopic (exact) mass is 330 g/mol. The molecular weight excluding hydrogens is 312 g/mol. The summed E-state index contributed by atoms with van der Waals surface area (Å²) < 4.78 is 6.41. The number of nitrogens with zero attached hydrogens (tertiary/aromatic N) is 2. The van der Waals surface area contributed by atoms with E-state index < -0.39 is 0 Å². The summed E-state index contributed by atoms with van der Waals surface area (Å²) in [6, 6.07) is 7.41. The lowest BCUT2D eigenvalue weighted by Gasteiger charge is -2.12. The van der Waals surface area contributed by atoms with Gasteiger partial charge in [0.15, 0.2) is 5.13 Å². The molecule has 0 aliphatic rings. The fraction of sp³-hybridized carbons (Fsp3) is 0.312. The lowest BCUT2D eigenvalue weighted by molar-refractivity contribution is 0.250. The van der Waals surface area contributed by atoms with Crippen molar-refractivity contribution in [2.45, 2.75) is 32.7 Å². The van der Waals surface area contributed by atoms with Gasteiger partial charge in [-0.3, -0.25) is 5.32 Å². The molecule has 6 nitrogen and oxygen atoms in total. The van der Waals surface area contributed by atoms with Crippen molar-refractivity contribution in [2.75, 3.05) is 5.32 Å². The number of hydrogen-bond acceptors (Lipinski definition) is 5. The van der Waals surface area contributed by atoms with Crippen molar-refractivity contribution in [3.05, 3.63) is 42.1 Å². The molecule has 0 bridgehead atoms. The zero-order valence-electron chi connectivity index (χ0n) is 13.2. The van der Waals surface area contributed by atoms with E-state index in [9.17, 15) is 4.79 Å². The predicted octanol–water partition coefficient (Wildman–Crippen LogP) is 3.90. The molecule has 0 saturated heterocycles. The first-order valence-corrected chi connectivity index (χ1v) is 8.09. The number of rotatable bonds is 3. The molecular formula is C16H18N4O2S. The second-order valence-electron chi connectivity index (χ2n) is 6.17. The summed E-state index contributed by atoms with van der Waals surface area (Å²) in [6.45, 7) is 6.40. The van der Waals surface area contributed by atoms with Crippen molar-refractivity contribution in [2.24, 2.45) is 0 Å². The Balaban J connectivity index is 1.58. The molecule has 0 atom stereocenters. The Morgan fingerprint density at radius 2 is 2.04 bits per heavy atom. The molecule has 0 unspecified atom stereocenters. The SMILES string of the molecule is CC(C)(C)c1coc(CNC(=O)Nc2nc3ccccc3s2)n1. The van der Waals surface area contributed by atoms with Gasteiger partial charge in [-0.15, -0.1) is 0 Å². The van der Waals surface area contributed by atoms with Crippen LogP contribution in [-0.2, 0) is 12.0 Å². The summed E-state index contributed by atoms with van der Waals surface area (Å²) >= 11 is 1.43. The predicted molar refractivity (Wildman–Crippen MR) is 90.7 cm³/mol. The van der Waals surface area contributed by atoms with Gasteiger partial charge >= 0.3 is 6.03 Å². The number of thiazole rings is 1. The summed E-state index contributed by atoms with van der Waals surface area (Å²) in [5, 5.41) is 6.01. The van der Waals surface area contributed by atoms with Crippen LogP contribution in [0.3, 0.4) is 0 Å². The van der Waals surface area contributed by atoms with Gasteiger partial charge in [0.25, 0.3) is 0 Å². The van der Waals surface area contributed by atoms with E-state index in [0.29, 0.717) is 11.0 Å². The van der Waals surface area contributed by atoms with Gasteiger partial charge in [0.1, 0.15) is 6.26 Å². The lowest BCUT2D eigenvalue weighted by Crippen LogP contribution is -2.28. The van der Waals surface area contributed by atoms with Gasteiger partial charge in [-0.1, -0.05) is 44.2 Å². The van der Waals surface area contributed by atoms with E-state index in [4.69, 9.17) is 4.42 Å². The molecule has 1 aromatic carbocycles. The van der Waals surface area contributed by atoms with Crippen LogP contribution in [0.1, 0.15) is 32.4 Å². The van der Waals surface area contributed by atoms with E-state index >= 15 is 0 Å². The zero-order chi connectivity index (χ0) is 16.4. The molecule has 0 aliphatic heterocycles. The number of oxazole rings is 1. The topological polar surface area (TPSA) is 80.0 Å². The summed E-state index contributed by atoms with van der Waals surface area (Å²) in [6.07, 6.45) is 1.63. The molecule has 0 aliphatic carbocycles. The molecule has 3 rings (SSSR count). The Labute approximate surface area is 137 Å². The third-order valence-electron chi connectivity index (χ3n) is 3.23. The maximum absolute atomic E-state index is 11.9. The molecule has 2 heterocycles. The number of fused-ring (bicyclic) bond motifs is 1. The molecule has 120 valence electrons. The molecule has 23 heavy (non-hydrogen) atoms. The van der Waals surface area contributed by atoms with Crippen LogP contribution in [0.15, 0.2) is 34.9 Å². The largest absolute Gasteiger partial charge is 0.447 e. The van der Waals surface area contributed by atoms with E-state index in [1.165, 1.54) is 11.3 Å². The van der Waals surface area contributed by atoms with Crippen molar-refractivity contribution in [3.8, 4) is 0 Å². The molecule has 2 amide bonds. The van der Waals surface area contributed by atoms with Crippen molar-refractivity contribution in [1.82, 2.24) is 15.3 Å². The van der Waals surface area contributed by atoms with Crippen molar-refractivity contribution in [1.29, 1.82) is 0 Å². The quantitative estimate of drug-likeness (QED) is 0.763. The number of carbonyl (C=O) groups is 1. The average Bonchev–Trinajstić information content (AvgIpc) is 3.10. The highest BCUT2D eigenvalue weighted by Crippen LogP contribution is 2.25. The number of aromatic nitrogens is 2. The minimum atomic E-state index is -0.334. The standard InChI is InChI=1S/C16H18N4O2S/c1-16(2,3)12-9-22-13(19-12)8-17-14(21)20-15-18-10-6-4-5-7-11(10)23-15/h4-7,9H,8H2,1-3H3,(H2,17,18,20,21). The summed E-state index contributed by atoms with van der Waals surface area (Å²) in [4.78, 5) is 20.7. The second kappa shape index (κ2) is 6.00. The maximum Gasteiger partial charge on any atom is 0.321 e. The van der Waals surface area contributed by atoms with E-state index in [1.807, 2.05) is 24.3 Å². The summed E-state index contributed by atoms with van der Waals surface area (Å²) in [7, 11) is 0. The highest BCUT2D eigenvalue weighted by Gasteiger charge is 2.18. The van der Waals surface area contributed by atoms with Gasteiger partial charge in [-0.25, -0.2) is 14.8 Å². The van der Waals surface area contributed by atoms with Crippen LogP contribution in [0.2, 0.25) is 0 Å². The normalized spacial score (nSPS) is 11.6. The van der Waals surface area contributed by atoms with Crippen LogP contribution >= 0.6 is 11.3 Å². The number of carbonyl (C=O) groups excluding carboxylic acids is 1. The van der Waals surface area contributed by atoms with Gasteiger partial charge < -0.3 is 9.73 Å². The van der Waals surface area contributed by atoms with Crippen LogP contribution in [0.25, 0.3) is 10.2 Å². The van der Waals surface area contributed by atoms with Crippen LogP contribution < -0.4 is 10.6 Å². The summed E-state index contributed by atoms with van der Waals surface area (Å²) in [5.41, 5.74) is 1.65. The van der Waals surface area contributed by atoms with Gasteiger partial charge in [-0.2, -0.15) is 0 Å². The van der Waals surface area contributed by atoms with Gasteiger partial charge in [-0.05, 0) is 12.1 Å². The fourth-order valence-electron chi connectivity index (χ4n) is 1.96. The number of hydrogen-bond donors (Lipinski definition) is 2. The first-order chi connectivity index (χ1) is 10.9. The van der Waals surface area contributed by atoms with Crippen LogP contribution in [-0.4, -0.2) is 16.0 Å². The molecule has 7 heteroatoms. The Hall–Kier alpha value is -2.41. The number of para-hydroxylation sites is 1. The number of anilines is 1. The van der Waals surface area contributed by atoms with Crippen molar-refractivity contribution in [3.63, 3.8) is 0 Å². The van der Waals surface area contributed by atoms with Crippen molar-refractivity contribution >= 4 is 32.7 Å². The van der Waals surface area contributed by atoms with Gasteiger partial charge in [0.05, 0.1) is 22.5 Å². The molecule has 2 N–H and O–H groups in total. The average molecular weight is 330 g/mol. The zero-order valence-corrected chi connectivity index (χ0v) is 14.0. The molecule has 0 radical (unpaired) electrons. The van der Waals surface area contributed by atoms with Crippen LogP contribution in [0, 0.1) is 0 Å². The minimum absolute atomic E-state index is 0.0784. The van der Waals surface area contributed by atoms with Gasteiger partial charge in [0, 0.05) is 5.41 Å². The fourth-order valence-corrected chi connectivity index (χ4v) is 2.82. The molecule has 0 fully saturated rings. The number of amides is 2. The van der Waals surface area contributed by atoms with E-state index in [0.717, 1.165) is 15.9 Å². The van der Waals surface area contributed by atoms with Crippen LogP contribution in [0.5, 0.6) is 0 Å². The smallest absolute Gasteiger partial charge is 0.321 e. The first-order valence-electron chi connectivity index (χ1n) is 7.27. The minimum Gasteiger partial charge on any atom is -0.447 e.